The third-order valence-corrected chi connectivity index (χ3v) is 2.58. The molecule has 0 spiro atoms. The first-order valence-electron chi connectivity index (χ1n) is 5.17. The van der Waals surface area contributed by atoms with Crippen molar-refractivity contribution in [1.29, 1.82) is 0 Å². The van der Waals surface area contributed by atoms with Gasteiger partial charge in [-0.05, 0) is 12.1 Å². The van der Waals surface area contributed by atoms with E-state index in [0.29, 0.717) is 6.07 Å². The van der Waals surface area contributed by atoms with Gasteiger partial charge in [-0.2, -0.15) is 13.2 Å². The summed E-state index contributed by atoms with van der Waals surface area (Å²) in [6.07, 6.45) is -7.82. The molecule has 0 atom stereocenters. The van der Waals surface area contributed by atoms with Crippen LogP contribution in [-0.2, 0) is 6.18 Å². The Balaban J connectivity index is 2.84. The maximum absolute atomic E-state index is 12.9. The van der Waals surface area contributed by atoms with Gasteiger partial charge in [-0.15, -0.1) is 0 Å². The molecule has 1 aromatic heterocycles. The summed E-state index contributed by atoms with van der Waals surface area (Å²) in [6.45, 7) is 0. The van der Waals surface area contributed by atoms with Gasteiger partial charge in [0.05, 0.1) is 7.11 Å². The number of hydrogen-bond donors (Lipinski definition) is 0. The number of fused-ring (bicyclic) bond motifs is 1. The van der Waals surface area contributed by atoms with Crippen LogP contribution in [0.5, 0.6) is 5.75 Å². The van der Waals surface area contributed by atoms with E-state index in [0.717, 1.165) is 0 Å². The highest BCUT2D eigenvalue weighted by atomic mass is 19.4. The van der Waals surface area contributed by atoms with Crippen molar-refractivity contribution in [3.63, 3.8) is 0 Å². The molecule has 0 saturated carbocycles. The summed E-state index contributed by atoms with van der Waals surface area (Å²) in [4.78, 5) is 3.38. The summed E-state index contributed by atoms with van der Waals surface area (Å²) in [7, 11) is 1.23. The SMILES string of the molecule is COc1cccc2c(C(F)F)cc(C(F)(F)F)nc12. The molecule has 0 N–H and O–H groups in total. The maximum Gasteiger partial charge on any atom is 0.433 e. The van der Waals surface area contributed by atoms with Crippen molar-refractivity contribution >= 4 is 10.9 Å². The molecule has 1 heterocycles. The minimum Gasteiger partial charge on any atom is -0.494 e. The van der Waals surface area contributed by atoms with Gasteiger partial charge in [-0.1, -0.05) is 12.1 Å². The van der Waals surface area contributed by atoms with Gasteiger partial charge >= 0.3 is 6.18 Å². The third-order valence-electron chi connectivity index (χ3n) is 2.58. The van der Waals surface area contributed by atoms with Crippen LogP contribution in [0.1, 0.15) is 17.7 Å². The highest BCUT2D eigenvalue weighted by Gasteiger charge is 2.34. The van der Waals surface area contributed by atoms with Crippen molar-refractivity contribution in [3.05, 3.63) is 35.5 Å². The Hall–Kier alpha value is -1.92. The molecule has 0 aliphatic rings. The van der Waals surface area contributed by atoms with Gasteiger partial charge in [0.15, 0.2) is 0 Å². The highest BCUT2D eigenvalue weighted by Crippen LogP contribution is 2.36. The summed E-state index contributed by atoms with van der Waals surface area (Å²) in [6, 6.07) is 4.44. The number of alkyl halides is 5. The predicted octanol–water partition coefficient (Wildman–Crippen LogP) is 4.20. The van der Waals surface area contributed by atoms with Crippen LogP contribution in [0.3, 0.4) is 0 Å². The predicted molar refractivity (Wildman–Crippen MR) is 58.3 cm³/mol. The van der Waals surface area contributed by atoms with Crippen LogP contribution in [0.25, 0.3) is 10.9 Å². The molecule has 2 nitrogen and oxygen atoms in total. The number of rotatable bonds is 2. The molecule has 0 aliphatic carbocycles. The Morgan fingerprint density at radius 3 is 2.42 bits per heavy atom. The average Bonchev–Trinajstić information content (AvgIpc) is 2.35. The summed E-state index contributed by atoms with van der Waals surface area (Å²) in [5, 5.41) is -0.0534. The molecule has 7 heteroatoms. The standard InChI is InChI=1S/C12H8F5NO/c1-19-8-4-2-3-6-7(11(13)14)5-9(12(15,16)17)18-10(6)8/h2-5,11H,1H3. The smallest absolute Gasteiger partial charge is 0.433 e. The molecule has 0 aliphatic heterocycles. The van der Waals surface area contributed by atoms with E-state index in [1.807, 2.05) is 0 Å². The minimum absolute atomic E-state index is 0.0190. The monoisotopic (exact) mass is 277 g/mol. The van der Waals surface area contributed by atoms with Gasteiger partial charge < -0.3 is 4.74 Å². The Morgan fingerprint density at radius 1 is 1.21 bits per heavy atom. The van der Waals surface area contributed by atoms with Crippen LogP contribution in [0.2, 0.25) is 0 Å². The number of benzene rings is 1. The first-order chi connectivity index (χ1) is 8.84. The van der Waals surface area contributed by atoms with Crippen molar-refractivity contribution < 1.29 is 26.7 Å². The number of hydrogen-bond acceptors (Lipinski definition) is 2. The van der Waals surface area contributed by atoms with Crippen molar-refractivity contribution in [2.45, 2.75) is 12.6 Å². The zero-order valence-electron chi connectivity index (χ0n) is 9.63. The van der Waals surface area contributed by atoms with Crippen LogP contribution in [0.15, 0.2) is 24.3 Å². The Morgan fingerprint density at radius 2 is 1.89 bits per heavy atom. The molecule has 2 rings (SSSR count). The number of aromatic nitrogens is 1. The molecule has 102 valence electrons. The minimum atomic E-state index is -4.79. The number of ether oxygens (including phenoxy) is 1. The van der Waals surface area contributed by atoms with Gasteiger partial charge in [0, 0.05) is 10.9 Å². The molecular formula is C12H8F5NO. The fourth-order valence-corrected chi connectivity index (χ4v) is 1.74. The highest BCUT2D eigenvalue weighted by molar-refractivity contribution is 5.87. The van der Waals surface area contributed by atoms with E-state index < -0.39 is 23.9 Å². The number of para-hydroxylation sites is 1. The quantitative estimate of drug-likeness (QED) is 0.767. The number of pyridine rings is 1. The van der Waals surface area contributed by atoms with Crippen LogP contribution < -0.4 is 4.74 Å². The van der Waals surface area contributed by atoms with Crippen LogP contribution >= 0.6 is 0 Å². The van der Waals surface area contributed by atoms with E-state index in [4.69, 9.17) is 4.74 Å². The van der Waals surface area contributed by atoms with E-state index in [1.165, 1.54) is 25.3 Å². The zero-order valence-corrected chi connectivity index (χ0v) is 9.63. The second-order valence-corrected chi connectivity index (χ2v) is 3.75. The molecule has 1 aromatic carbocycles. The molecule has 19 heavy (non-hydrogen) atoms. The van der Waals surface area contributed by atoms with Gasteiger partial charge in [0.25, 0.3) is 6.43 Å². The second-order valence-electron chi connectivity index (χ2n) is 3.75. The Kier molecular flexibility index (Phi) is 3.30. The summed E-state index contributed by atoms with van der Waals surface area (Å²) < 4.78 is 68.5. The fraction of sp³-hybridized carbons (Fsp3) is 0.250. The van der Waals surface area contributed by atoms with Crippen molar-refractivity contribution in [3.8, 4) is 5.75 Å². The molecule has 0 bridgehead atoms. The molecule has 0 fully saturated rings. The van der Waals surface area contributed by atoms with E-state index in [9.17, 15) is 22.0 Å². The lowest BCUT2D eigenvalue weighted by Crippen LogP contribution is -2.09. The fourth-order valence-electron chi connectivity index (χ4n) is 1.74. The van der Waals surface area contributed by atoms with Crippen molar-refractivity contribution in [2.24, 2.45) is 0 Å². The molecular weight excluding hydrogens is 269 g/mol. The van der Waals surface area contributed by atoms with Crippen molar-refractivity contribution in [1.82, 2.24) is 4.98 Å². The second kappa shape index (κ2) is 4.64. The summed E-state index contributed by atoms with van der Waals surface area (Å²) in [5.74, 6) is 0.0190. The normalized spacial score (nSPS) is 12.2. The summed E-state index contributed by atoms with van der Waals surface area (Å²) >= 11 is 0. The molecule has 0 radical (unpaired) electrons. The number of methoxy groups -OCH3 is 1. The Bertz CT molecular complexity index is 609. The van der Waals surface area contributed by atoms with Gasteiger partial charge in [0.2, 0.25) is 0 Å². The molecule has 0 saturated heterocycles. The molecule has 2 aromatic rings. The zero-order chi connectivity index (χ0) is 14.2. The average molecular weight is 277 g/mol. The lowest BCUT2D eigenvalue weighted by atomic mass is 10.1. The summed E-state index contributed by atoms with van der Waals surface area (Å²) in [5.41, 5.74) is -2.30. The van der Waals surface area contributed by atoms with Crippen molar-refractivity contribution in [2.75, 3.05) is 7.11 Å². The van der Waals surface area contributed by atoms with Crippen LogP contribution in [0.4, 0.5) is 22.0 Å². The van der Waals surface area contributed by atoms with Crippen LogP contribution in [-0.4, -0.2) is 12.1 Å². The molecule has 0 amide bonds. The van der Waals surface area contributed by atoms with Gasteiger partial charge in [-0.25, -0.2) is 13.8 Å². The largest absolute Gasteiger partial charge is 0.494 e. The van der Waals surface area contributed by atoms with E-state index in [1.54, 1.807) is 0 Å². The topological polar surface area (TPSA) is 22.1 Å². The number of nitrogens with zero attached hydrogens (tertiary/aromatic N) is 1. The van der Waals surface area contributed by atoms with Crippen LogP contribution in [0, 0.1) is 0 Å². The van der Waals surface area contributed by atoms with Gasteiger partial charge in [-0.3, -0.25) is 0 Å². The van der Waals surface area contributed by atoms with Gasteiger partial charge in [0.1, 0.15) is 17.0 Å². The third kappa shape index (κ3) is 2.45. The van der Waals surface area contributed by atoms with E-state index in [-0.39, 0.29) is 16.7 Å². The lowest BCUT2D eigenvalue weighted by molar-refractivity contribution is -0.141. The van der Waals surface area contributed by atoms with E-state index in [2.05, 4.69) is 4.98 Å². The Labute approximate surface area is 104 Å². The lowest BCUT2D eigenvalue weighted by Gasteiger charge is -2.13. The first-order valence-corrected chi connectivity index (χ1v) is 5.17. The molecule has 0 unspecified atom stereocenters. The van der Waals surface area contributed by atoms with E-state index >= 15 is 0 Å². The number of halogens is 5. The first kappa shape index (κ1) is 13.5. The maximum atomic E-state index is 12.9.